The summed E-state index contributed by atoms with van der Waals surface area (Å²) in [5, 5.41) is 18.5. The van der Waals surface area contributed by atoms with Crippen molar-refractivity contribution in [1.29, 1.82) is 0 Å². The first-order valence-corrected chi connectivity index (χ1v) is 13.7. The molecule has 5 aromatic rings. The lowest BCUT2D eigenvalue weighted by Gasteiger charge is -2.14. The maximum Gasteiger partial charge on any atom is 0.270 e. The van der Waals surface area contributed by atoms with Crippen molar-refractivity contribution < 1.29 is 18.5 Å². The summed E-state index contributed by atoms with van der Waals surface area (Å²) in [7, 11) is 1.50. The zero-order chi connectivity index (χ0) is 28.8. The monoisotopic (exact) mass is 566 g/mol. The van der Waals surface area contributed by atoms with Crippen LogP contribution in [0, 0.1) is 6.92 Å². The molecule has 0 radical (unpaired) electrons. The molecule has 10 nitrogen and oxygen atoms in total. The van der Waals surface area contributed by atoms with Crippen molar-refractivity contribution in [3.63, 3.8) is 0 Å². The van der Waals surface area contributed by atoms with E-state index in [1.54, 1.807) is 38.5 Å². The average molecular weight is 567 g/mol. The summed E-state index contributed by atoms with van der Waals surface area (Å²) in [6.45, 7) is 2.24. The van der Waals surface area contributed by atoms with E-state index in [4.69, 9.17) is 9.47 Å². The van der Waals surface area contributed by atoms with Gasteiger partial charge >= 0.3 is 0 Å². The summed E-state index contributed by atoms with van der Waals surface area (Å²) in [6.07, 6.45) is 1.27. The number of nitrogens with zero attached hydrogens (tertiary/aromatic N) is 5. The summed E-state index contributed by atoms with van der Waals surface area (Å²) in [6, 6.07) is 23.5. The number of pyridine rings is 1. The Labute approximate surface area is 239 Å². The van der Waals surface area contributed by atoms with Gasteiger partial charge in [-0.05, 0) is 53.9 Å². The summed E-state index contributed by atoms with van der Waals surface area (Å²) in [5.41, 5.74) is 4.35. The van der Waals surface area contributed by atoms with Gasteiger partial charge in [0.15, 0.2) is 6.33 Å². The van der Waals surface area contributed by atoms with E-state index in [-0.39, 0.29) is 23.2 Å². The van der Waals surface area contributed by atoms with E-state index in [0.717, 1.165) is 27.8 Å². The lowest BCUT2D eigenvalue weighted by atomic mass is 10.0. The summed E-state index contributed by atoms with van der Waals surface area (Å²) in [4.78, 5) is 18.0. The molecule has 41 heavy (non-hydrogen) atoms. The fraction of sp³-hybridized carbons (Fsp3) is 0.133. The molecule has 2 aromatic heterocycles. The summed E-state index contributed by atoms with van der Waals surface area (Å²) < 4.78 is 24.7. The van der Waals surface area contributed by atoms with E-state index in [2.05, 4.69) is 30.7 Å². The Kier molecular flexibility index (Phi) is 8.35. The highest BCUT2D eigenvalue weighted by Gasteiger charge is 2.18. The molecule has 0 saturated heterocycles. The van der Waals surface area contributed by atoms with Crippen LogP contribution in [0.4, 0.5) is 0 Å². The SMILES string of the molecule is COc1cc(OC)cc(-c2cc(C)ccc2S(=O)c2cccc(C(=O)NCc3ccc(-c4nncnn4)cc3)n2)c1. The highest BCUT2D eigenvalue weighted by Crippen LogP contribution is 2.35. The van der Waals surface area contributed by atoms with E-state index in [9.17, 15) is 9.00 Å². The predicted octanol–water partition coefficient (Wildman–Crippen LogP) is 4.42. The van der Waals surface area contributed by atoms with Crippen molar-refractivity contribution in [2.75, 3.05) is 14.2 Å². The largest absolute Gasteiger partial charge is 0.497 e. The highest BCUT2D eigenvalue weighted by molar-refractivity contribution is 7.85. The zero-order valence-electron chi connectivity index (χ0n) is 22.6. The van der Waals surface area contributed by atoms with Crippen LogP contribution in [-0.2, 0) is 17.3 Å². The third-order valence-electron chi connectivity index (χ3n) is 6.22. The molecular weight excluding hydrogens is 540 g/mol. The number of methoxy groups -OCH3 is 2. The van der Waals surface area contributed by atoms with E-state index in [0.29, 0.717) is 22.2 Å². The van der Waals surface area contributed by atoms with Crippen LogP contribution in [0.3, 0.4) is 0 Å². The number of nitrogens with one attached hydrogen (secondary N) is 1. The average Bonchev–Trinajstić information content (AvgIpc) is 3.03. The van der Waals surface area contributed by atoms with Crippen molar-refractivity contribution in [3.05, 3.63) is 102 Å². The molecular formula is C30H26N6O4S. The summed E-state index contributed by atoms with van der Waals surface area (Å²) in [5.74, 6) is 1.27. The van der Waals surface area contributed by atoms with Crippen LogP contribution in [0.25, 0.3) is 22.5 Å². The molecule has 2 heterocycles. The normalized spacial score (nSPS) is 11.5. The van der Waals surface area contributed by atoms with Crippen LogP contribution in [0.2, 0.25) is 0 Å². The van der Waals surface area contributed by atoms with Gasteiger partial charge in [0.05, 0.1) is 19.1 Å². The first-order chi connectivity index (χ1) is 19.9. The molecule has 1 unspecified atom stereocenters. The Balaban J connectivity index is 1.35. The zero-order valence-corrected chi connectivity index (χ0v) is 23.4. The van der Waals surface area contributed by atoms with Gasteiger partial charge in [-0.1, -0.05) is 48.0 Å². The third kappa shape index (κ3) is 6.42. The smallest absolute Gasteiger partial charge is 0.270 e. The number of rotatable bonds is 9. The number of hydrogen-bond donors (Lipinski definition) is 1. The van der Waals surface area contributed by atoms with E-state index in [1.165, 1.54) is 6.33 Å². The quantitative estimate of drug-likeness (QED) is 0.276. The molecule has 0 saturated carbocycles. The van der Waals surface area contributed by atoms with Crippen molar-refractivity contribution in [3.8, 4) is 34.0 Å². The number of aryl methyl sites for hydroxylation is 1. The van der Waals surface area contributed by atoms with Crippen LogP contribution >= 0.6 is 0 Å². The van der Waals surface area contributed by atoms with Crippen LogP contribution in [-0.4, -0.2) is 49.7 Å². The Morgan fingerprint density at radius 2 is 1.56 bits per heavy atom. The minimum Gasteiger partial charge on any atom is -0.497 e. The van der Waals surface area contributed by atoms with Gasteiger partial charge in [0.2, 0.25) is 5.82 Å². The first-order valence-electron chi connectivity index (χ1n) is 12.6. The molecule has 206 valence electrons. The Morgan fingerprint density at radius 3 is 2.24 bits per heavy atom. The molecule has 1 N–H and O–H groups in total. The van der Waals surface area contributed by atoms with Gasteiger partial charge in [-0.2, -0.15) is 0 Å². The molecule has 0 aliphatic heterocycles. The number of carbonyl (C=O) groups is 1. The molecule has 0 fully saturated rings. The van der Waals surface area contributed by atoms with Gasteiger partial charge in [-0.25, -0.2) is 9.19 Å². The van der Waals surface area contributed by atoms with Gasteiger partial charge in [-0.15, -0.1) is 20.4 Å². The van der Waals surface area contributed by atoms with Crippen molar-refractivity contribution in [2.24, 2.45) is 0 Å². The minimum absolute atomic E-state index is 0.166. The van der Waals surface area contributed by atoms with Crippen molar-refractivity contribution in [1.82, 2.24) is 30.7 Å². The number of amides is 1. The van der Waals surface area contributed by atoms with Crippen LogP contribution in [0.15, 0.2) is 95.1 Å². The number of ether oxygens (including phenoxy) is 2. The van der Waals surface area contributed by atoms with Crippen LogP contribution in [0.1, 0.15) is 21.6 Å². The van der Waals surface area contributed by atoms with E-state index < -0.39 is 10.8 Å². The number of carbonyl (C=O) groups excluding carboxylic acids is 1. The number of hydrogen-bond acceptors (Lipinski definition) is 9. The third-order valence-corrected chi connectivity index (χ3v) is 7.58. The van der Waals surface area contributed by atoms with Gasteiger partial charge < -0.3 is 14.8 Å². The second-order valence-electron chi connectivity index (χ2n) is 8.98. The van der Waals surface area contributed by atoms with Crippen LogP contribution in [0.5, 0.6) is 11.5 Å². The van der Waals surface area contributed by atoms with Gasteiger partial charge in [-0.3, -0.25) is 4.79 Å². The van der Waals surface area contributed by atoms with E-state index >= 15 is 0 Å². The van der Waals surface area contributed by atoms with Crippen molar-refractivity contribution in [2.45, 2.75) is 23.4 Å². The highest BCUT2D eigenvalue weighted by atomic mass is 32.2. The maximum absolute atomic E-state index is 13.8. The lowest BCUT2D eigenvalue weighted by molar-refractivity contribution is 0.0945. The lowest BCUT2D eigenvalue weighted by Crippen LogP contribution is -2.24. The Morgan fingerprint density at radius 1 is 0.854 bits per heavy atom. The standard InChI is InChI=1S/C30H26N6O4S/c1-19-7-12-27(25(13-19)22-14-23(39-2)16-24(15-22)40-3)41(38)28-6-4-5-26(34-28)30(37)31-17-20-8-10-21(11-9-20)29-35-32-18-33-36-29/h4-16,18H,17H2,1-3H3,(H,31,37). The minimum atomic E-state index is -1.67. The van der Waals surface area contributed by atoms with E-state index in [1.807, 2.05) is 61.5 Å². The molecule has 0 spiro atoms. The van der Waals surface area contributed by atoms with Gasteiger partial charge in [0.25, 0.3) is 5.91 Å². The fourth-order valence-corrected chi connectivity index (χ4v) is 5.29. The Bertz CT molecular complexity index is 1690. The number of benzene rings is 3. The molecule has 3 aromatic carbocycles. The fourth-order valence-electron chi connectivity index (χ4n) is 4.12. The second kappa shape index (κ2) is 12.4. The molecule has 1 atom stereocenters. The van der Waals surface area contributed by atoms with Gasteiger partial charge in [0.1, 0.15) is 33.0 Å². The predicted molar refractivity (Wildman–Crippen MR) is 153 cm³/mol. The maximum atomic E-state index is 13.8. The molecule has 1 amide bonds. The molecule has 0 aliphatic rings. The molecule has 5 rings (SSSR count). The van der Waals surface area contributed by atoms with Gasteiger partial charge in [0, 0.05) is 18.2 Å². The molecule has 0 bridgehead atoms. The summed E-state index contributed by atoms with van der Waals surface area (Å²) >= 11 is 0. The number of aromatic nitrogens is 5. The second-order valence-corrected chi connectivity index (χ2v) is 10.4. The Hall–Kier alpha value is -5.03. The topological polar surface area (TPSA) is 129 Å². The van der Waals surface area contributed by atoms with Crippen molar-refractivity contribution >= 4 is 16.7 Å². The van der Waals surface area contributed by atoms with Crippen LogP contribution < -0.4 is 14.8 Å². The molecule has 0 aliphatic carbocycles. The first kappa shape index (κ1) is 27.5. The molecule has 11 heteroatoms.